The first-order valence-corrected chi connectivity index (χ1v) is 11.1. The smallest absolute Gasteiger partial charge is 0.448 e. The Morgan fingerprint density at radius 3 is 2.36 bits per heavy atom. The maximum absolute atomic E-state index is 13.2. The van der Waals surface area contributed by atoms with Crippen LogP contribution in [0.2, 0.25) is 0 Å². The van der Waals surface area contributed by atoms with E-state index >= 15 is 0 Å². The molecule has 2 fully saturated rings. The number of hydrogen-bond acceptors (Lipinski definition) is 5. The zero-order chi connectivity index (χ0) is 23.6. The summed E-state index contributed by atoms with van der Waals surface area (Å²) in [6.45, 7) is 7.07. The van der Waals surface area contributed by atoms with E-state index in [0.717, 1.165) is 11.3 Å². The van der Waals surface area contributed by atoms with Crippen molar-refractivity contribution in [1.82, 2.24) is 14.8 Å². The number of oxazole rings is 1. The topological polar surface area (TPSA) is 68.0 Å². The molecule has 0 saturated carbocycles. The van der Waals surface area contributed by atoms with E-state index in [-0.39, 0.29) is 29.5 Å². The first-order valence-electron chi connectivity index (χ1n) is 11.1. The van der Waals surface area contributed by atoms with E-state index in [1.165, 1.54) is 12.1 Å². The molecule has 2 unspecified atom stereocenters. The molecule has 0 aliphatic carbocycles. The van der Waals surface area contributed by atoms with Crippen molar-refractivity contribution in [3.8, 4) is 5.75 Å². The number of likely N-dealkylation sites (tertiary alicyclic amines) is 1. The number of nitrogens with zero attached hydrogens (tertiary/aromatic N) is 3. The summed E-state index contributed by atoms with van der Waals surface area (Å²) in [6, 6.07) is 5.80. The van der Waals surface area contributed by atoms with Crippen LogP contribution in [-0.2, 0) is 4.74 Å². The third-order valence-corrected chi connectivity index (χ3v) is 6.07. The number of ether oxygens (including phenoxy) is 2. The van der Waals surface area contributed by atoms with Crippen LogP contribution in [0.25, 0.3) is 0 Å². The highest BCUT2D eigenvalue weighted by molar-refractivity contribution is 5.75. The quantitative estimate of drug-likeness (QED) is 0.651. The molecule has 33 heavy (non-hydrogen) atoms. The Kier molecular flexibility index (Phi) is 6.83. The molecular weight excluding hydrogens is 439 g/mol. The molecule has 4 rings (SSSR count). The van der Waals surface area contributed by atoms with Crippen LogP contribution in [0, 0.1) is 0 Å². The maximum atomic E-state index is 13.2. The van der Waals surface area contributed by atoms with Gasteiger partial charge in [-0.1, -0.05) is 26.0 Å². The molecule has 7 nitrogen and oxygen atoms in total. The van der Waals surface area contributed by atoms with Crippen LogP contribution >= 0.6 is 0 Å². The van der Waals surface area contributed by atoms with E-state index in [2.05, 4.69) is 9.72 Å². The second kappa shape index (κ2) is 9.62. The van der Waals surface area contributed by atoms with Gasteiger partial charge in [0.25, 0.3) is 0 Å². The SMILES string of the molecule is CC(C)c1coc(C2CC(c3ccc(OC(F)(F)F)cc3)CN(C(=O)N3CCOCC3)C2)n1. The van der Waals surface area contributed by atoms with Crippen molar-refractivity contribution in [2.75, 3.05) is 39.4 Å². The summed E-state index contributed by atoms with van der Waals surface area (Å²) < 4.78 is 52.7. The lowest BCUT2D eigenvalue weighted by atomic mass is 9.84. The Labute approximate surface area is 190 Å². The minimum absolute atomic E-state index is 0.0688. The number of aromatic nitrogens is 1. The van der Waals surface area contributed by atoms with Gasteiger partial charge in [0, 0.05) is 32.1 Å². The molecule has 2 aromatic rings. The fourth-order valence-corrected chi connectivity index (χ4v) is 4.33. The summed E-state index contributed by atoms with van der Waals surface area (Å²) in [5.74, 6) is 0.332. The highest BCUT2D eigenvalue weighted by atomic mass is 19.4. The van der Waals surface area contributed by atoms with Gasteiger partial charge in [-0.25, -0.2) is 9.78 Å². The lowest BCUT2D eigenvalue weighted by Gasteiger charge is -2.40. The number of benzene rings is 1. The molecule has 1 aromatic heterocycles. The van der Waals surface area contributed by atoms with Crippen LogP contribution in [0.1, 0.15) is 55.2 Å². The van der Waals surface area contributed by atoms with Crippen molar-refractivity contribution < 1.29 is 31.9 Å². The molecule has 0 spiro atoms. The summed E-state index contributed by atoms with van der Waals surface area (Å²) in [4.78, 5) is 21.4. The molecule has 2 saturated heterocycles. The minimum Gasteiger partial charge on any atom is -0.448 e. The lowest BCUT2D eigenvalue weighted by molar-refractivity contribution is -0.274. The fraction of sp³-hybridized carbons (Fsp3) is 0.565. The minimum atomic E-state index is -4.74. The third-order valence-electron chi connectivity index (χ3n) is 6.07. The molecule has 3 heterocycles. The zero-order valence-corrected chi connectivity index (χ0v) is 18.7. The van der Waals surface area contributed by atoms with E-state index in [1.54, 1.807) is 28.2 Å². The number of carbonyl (C=O) groups is 1. The number of morpholine rings is 1. The predicted octanol–water partition coefficient (Wildman–Crippen LogP) is 4.72. The van der Waals surface area contributed by atoms with Gasteiger partial charge >= 0.3 is 12.4 Å². The maximum Gasteiger partial charge on any atom is 0.573 e. The van der Waals surface area contributed by atoms with E-state index in [1.807, 2.05) is 13.8 Å². The van der Waals surface area contributed by atoms with Gasteiger partial charge in [0.15, 0.2) is 5.89 Å². The predicted molar refractivity (Wildman–Crippen MR) is 113 cm³/mol. The van der Waals surface area contributed by atoms with E-state index in [9.17, 15) is 18.0 Å². The molecule has 2 amide bonds. The number of urea groups is 1. The largest absolute Gasteiger partial charge is 0.573 e. The highest BCUT2D eigenvalue weighted by Crippen LogP contribution is 2.37. The molecule has 2 aliphatic heterocycles. The number of rotatable bonds is 4. The van der Waals surface area contributed by atoms with Crippen LogP contribution < -0.4 is 4.74 Å². The summed E-state index contributed by atoms with van der Waals surface area (Å²) >= 11 is 0. The zero-order valence-electron chi connectivity index (χ0n) is 18.7. The number of halogens is 3. The number of alkyl halides is 3. The van der Waals surface area contributed by atoms with E-state index in [0.29, 0.717) is 51.7 Å². The van der Waals surface area contributed by atoms with Gasteiger partial charge in [0.05, 0.1) is 24.8 Å². The molecular formula is C23H28F3N3O4. The molecule has 2 aliphatic rings. The van der Waals surface area contributed by atoms with Crippen molar-refractivity contribution >= 4 is 6.03 Å². The van der Waals surface area contributed by atoms with Crippen molar-refractivity contribution in [3.05, 3.63) is 47.7 Å². The van der Waals surface area contributed by atoms with Crippen LogP contribution in [-0.4, -0.2) is 66.6 Å². The van der Waals surface area contributed by atoms with Gasteiger partial charge < -0.3 is 23.7 Å². The van der Waals surface area contributed by atoms with Crippen molar-refractivity contribution in [1.29, 1.82) is 0 Å². The summed E-state index contributed by atoms with van der Waals surface area (Å²) in [7, 11) is 0. The monoisotopic (exact) mass is 467 g/mol. The Balaban J connectivity index is 1.56. The average Bonchev–Trinajstić information content (AvgIpc) is 3.29. The molecule has 2 atom stereocenters. The first kappa shape index (κ1) is 23.4. The Hall–Kier alpha value is -2.75. The normalized spacial score (nSPS) is 22.0. The van der Waals surface area contributed by atoms with E-state index < -0.39 is 6.36 Å². The van der Waals surface area contributed by atoms with Gasteiger partial charge in [-0.05, 0) is 30.0 Å². The molecule has 1 aromatic carbocycles. The third kappa shape index (κ3) is 5.79. The van der Waals surface area contributed by atoms with Crippen molar-refractivity contribution in [2.45, 2.75) is 44.4 Å². The lowest BCUT2D eigenvalue weighted by Crippen LogP contribution is -2.52. The number of piperidine rings is 1. The van der Waals surface area contributed by atoms with Gasteiger partial charge in [0.1, 0.15) is 12.0 Å². The number of hydrogen-bond donors (Lipinski definition) is 0. The van der Waals surface area contributed by atoms with E-state index in [4.69, 9.17) is 9.15 Å². The van der Waals surface area contributed by atoms with Crippen molar-refractivity contribution in [3.63, 3.8) is 0 Å². The van der Waals surface area contributed by atoms with Gasteiger partial charge in [-0.15, -0.1) is 13.2 Å². The summed E-state index contributed by atoms with van der Waals surface area (Å²) in [6.07, 6.45) is -2.41. The Morgan fingerprint density at radius 2 is 1.76 bits per heavy atom. The summed E-state index contributed by atoms with van der Waals surface area (Å²) in [5.41, 5.74) is 1.69. The Bertz CT molecular complexity index is 939. The van der Waals surface area contributed by atoms with Gasteiger partial charge in [-0.3, -0.25) is 0 Å². The first-order chi connectivity index (χ1) is 15.7. The molecule has 0 radical (unpaired) electrons. The van der Waals surface area contributed by atoms with Crippen molar-refractivity contribution in [2.24, 2.45) is 0 Å². The Morgan fingerprint density at radius 1 is 1.09 bits per heavy atom. The standard InChI is InChI=1S/C23H28F3N3O4/c1-15(2)20-14-32-21(27-20)18-11-17(16-3-5-19(6-4-16)33-23(24,25)26)12-29(13-18)22(30)28-7-9-31-10-8-28/h3-6,14-15,17-18H,7-13H2,1-2H3. The van der Waals surface area contributed by atoms with Gasteiger partial charge in [-0.2, -0.15) is 0 Å². The fourth-order valence-electron chi connectivity index (χ4n) is 4.33. The molecule has 180 valence electrons. The molecule has 0 N–H and O–H groups in total. The molecule has 0 bridgehead atoms. The van der Waals surface area contributed by atoms with Gasteiger partial charge in [0.2, 0.25) is 0 Å². The average molecular weight is 467 g/mol. The van der Waals surface area contributed by atoms with Crippen LogP contribution in [0.3, 0.4) is 0 Å². The number of carbonyl (C=O) groups excluding carboxylic acids is 1. The second-order valence-corrected chi connectivity index (χ2v) is 8.80. The second-order valence-electron chi connectivity index (χ2n) is 8.80. The van der Waals surface area contributed by atoms with Crippen LogP contribution in [0.4, 0.5) is 18.0 Å². The number of amides is 2. The highest BCUT2D eigenvalue weighted by Gasteiger charge is 2.36. The van der Waals surface area contributed by atoms with Crippen LogP contribution in [0.15, 0.2) is 34.9 Å². The molecule has 10 heteroatoms. The van der Waals surface area contributed by atoms with Crippen LogP contribution in [0.5, 0.6) is 5.75 Å². The summed E-state index contributed by atoms with van der Waals surface area (Å²) in [5, 5.41) is 0.